The molecule has 2 amide bonds. The predicted molar refractivity (Wildman–Crippen MR) is 92.3 cm³/mol. The SMILES string of the molecule is O=C(N[C@H]1c2ccccc2C[C@H]1O)c1c[nH]c(C(=O)N2CCCC2)c1. The minimum atomic E-state index is -0.633. The van der Waals surface area contributed by atoms with Crippen molar-refractivity contribution in [2.24, 2.45) is 0 Å². The third kappa shape index (κ3) is 2.93. The maximum atomic E-state index is 12.5. The van der Waals surface area contributed by atoms with Crippen molar-refractivity contribution < 1.29 is 14.7 Å². The van der Waals surface area contributed by atoms with Gasteiger partial charge in [-0.1, -0.05) is 24.3 Å². The van der Waals surface area contributed by atoms with E-state index in [1.807, 2.05) is 24.3 Å². The number of nitrogens with one attached hydrogen (secondary N) is 2. The summed E-state index contributed by atoms with van der Waals surface area (Å²) >= 11 is 0. The molecule has 3 N–H and O–H groups in total. The molecule has 1 aliphatic carbocycles. The van der Waals surface area contributed by atoms with Crippen LogP contribution in [0.4, 0.5) is 0 Å². The molecule has 6 heteroatoms. The number of likely N-dealkylation sites (tertiary alicyclic amines) is 1. The Hall–Kier alpha value is -2.60. The second-order valence-electron chi connectivity index (χ2n) is 6.72. The van der Waals surface area contributed by atoms with Crippen molar-refractivity contribution >= 4 is 11.8 Å². The highest BCUT2D eigenvalue weighted by Gasteiger charge is 2.32. The van der Waals surface area contributed by atoms with Crippen LogP contribution in [0.2, 0.25) is 0 Å². The van der Waals surface area contributed by atoms with E-state index in [4.69, 9.17) is 0 Å². The van der Waals surface area contributed by atoms with Gasteiger partial charge in [0, 0.05) is 25.7 Å². The van der Waals surface area contributed by atoms with Crippen LogP contribution in [0.3, 0.4) is 0 Å². The van der Waals surface area contributed by atoms with Gasteiger partial charge in [0.1, 0.15) is 5.69 Å². The summed E-state index contributed by atoms with van der Waals surface area (Å²) in [6, 6.07) is 8.89. The largest absolute Gasteiger partial charge is 0.390 e. The number of fused-ring (bicyclic) bond motifs is 1. The van der Waals surface area contributed by atoms with Crippen LogP contribution in [-0.4, -0.2) is 46.0 Å². The molecule has 1 aromatic carbocycles. The Kier molecular flexibility index (Phi) is 4.05. The molecular weight excluding hydrogens is 318 g/mol. The molecule has 1 fully saturated rings. The molecule has 1 saturated heterocycles. The molecule has 2 aromatic rings. The van der Waals surface area contributed by atoms with E-state index in [9.17, 15) is 14.7 Å². The molecule has 25 heavy (non-hydrogen) atoms. The standard InChI is InChI=1S/C19H21N3O3/c23-16-10-12-5-1-2-6-14(12)17(16)21-18(24)13-9-15(20-11-13)19(25)22-7-3-4-8-22/h1-2,5-6,9,11,16-17,20,23H,3-4,7-8,10H2,(H,21,24)/t16-,17+/m1/s1. The monoisotopic (exact) mass is 339 g/mol. The number of aromatic amines is 1. The fourth-order valence-electron chi connectivity index (χ4n) is 3.71. The number of amides is 2. The van der Waals surface area contributed by atoms with Gasteiger partial charge in [-0.05, 0) is 30.0 Å². The van der Waals surface area contributed by atoms with E-state index >= 15 is 0 Å². The number of nitrogens with zero attached hydrogens (tertiary/aromatic N) is 1. The third-order valence-electron chi connectivity index (χ3n) is 5.06. The smallest absolute Gasteiger partial charge is 0.270 e. The molecule has 0 spiro atoms. The second-order valence-corrected chi connectivity index (χ2v) is 6.72. The highest BCUT2D eigenvalue weighted by Crippen LogP contribution is 2.31. The van der Waals surface area contributed by atoms with E-state index in [0.29, 0.717) is 17.7 Å². The van der Waals surface area contributed by atoms with E-state index in [1.165, 1.54) is 0 Å². The lowest BCUT2D eigenvalue weighted by Gasteiger charge is -2.17. The van der Waals surface area contributed by atoms with Crippen LogP contribution in [-0.2, 0) is 6.42 Å². The molecule has 130 valence electrons. The summed E-state index contributed by atoms with van der Waals surface area (Å²) in [6.45, 7) is 1.54. The molecule has 1 aliphatic heterocycles. The first-order valence-corrected chi connectivity index (χ1v) is 8.68. The number of carbonyl (C=O) groups excluding carboxylic acids is 2. The zero-order valence-electron chi connectivity index (χ0n) is 13.9. The predicted octanol–water partition coefficient (Wildman–Crippen LogP) is 1.64. The van der Waals surface area contributed by atoms with Crippen molar-refractivity contribution in [2.45, 2.75) is 31.4 Å². The quantitative estimate of drug-likeness (QED) is 0.795. The van der Waals surface area contributed by atoms with Gasteiger partial charge in [-0.15, -0.1) is 0 Å². The Bertz CT molecular complexity index is 808. The van der Waals surface area contributed by atoms with Gasteiger partial charge in [-0.25, -0.2) is 0 Å². The van der Waals surface area contributed by atoms with Crippen LogP contribution in [0.15, 0.2) is 36.5 Å². The number of rotatable bonds is 3. The zero-order chi connectivity index (χ0) is 17.4. The number of aromatic nitrogens is 1. The first-order chi connectivity index (χ1) is 12.1. The lowest BCUT2D eigenvalue weighted by Crippen LogP contribution is -2.33. The van der Waals surface area contributed by atoms with Crippen molar-refractivity contribution in [3.63, 3.8) is 0 Å². The second kappa shape index (κ2) is 6.37. The minimum Gasteiger partial charge on any atom is -0.390 e. The normalized spacial score (nSPS) is 22.0. The van der Waals surface area contributed by atoms with Crippen molar-refractivity contribution in [1.29, 1.82) is 0 Å². The van der Waals surface area contributed by atoms with Crippen molar-refractivity contribution in [1.82, 2.24) is 15.2 Å². The highest BCUT2D eigenvalue weighted by atomic mass is 16.3. The first-order valence-electron chi connectivity index (χ1n) is 8.68. The lowest BCUT2D eigenvalue weighted by molar-refractivity contribution is 0.0787. The summed E-state index contributed by atoms with van der Waals surface area (Å²) in [6.07, 6.45) is 3.50. The van der Waals surface area contributed by atoms with Crippen molar-refractivity contribution in [3.05, 3.63) is 58.9 Å². The van der Waals surface area contributed by atoms with Gasteiger partial charge in [0.05, 0.1) is 17.7 Å². The molecule has 0 unspecified atom stereocenters. The summed E-state index contributed by atoms with van der Waals surface area (Å²) in [4.78, 5) is 29.6. The van der Waals surface area contributed by atoms with Crippen LogP contribution < -0.4 is 5.32 Å². The highest BCUT2D eigenvalue weighted by molar-refractivity contribution is 5.99. The molecule has 2 aliphatic rings. The van der Waals surface area contributed by atoms with Crippen molar-refractivity contribution in [2.75, 3.05) is 13.1 Å². The van der Waals surface area contributed by atoms with E-state index in [-0.39, 0.29) is 11.8 Å². The number of H-pyrrole nitrogens is 1. The van der Waals surface area contributed by atoms with Gasteiger partial charge in [-0.3, -0.25) is 9.59 Å². The van der Waals surface area contributed by atoms with Crippen LogP contribution in [0.25, 0.3) is 0 Å². The average Bonchev–Trinajstić information content (AvgIpc) is 3.35. The van der Waals surface area contributed by atoms with E-state index < -0.39 is 12.1 Å². The topological polar surface area (TPSA) is 85.4 Å². The van der Waals surface area contributed by atoms with Gasteiger partial charge in [-0.2, -0.15) is 0 Å². The number of carbonyl (C=O) groups is 2. The summed E-state index contributed by atoms with van der Waals surface area (Å²) in [5.74, 6) is -0.361. The zero-order valence-corrected chi connectivity index (χ0v) is 13.9. The molecule has 2 heterocycles. The summed E-state index contributed by atoms with van der Waals surface area (Å²) < 4.78 is 0. The van der Waals surface area contributed by atoms with Crippen molar-refractivity contribution in [3.8, 4) is 0 Å². The van der Waals surface area contributed by atoms with Gasteiger partial charge in [0.25, 0.3) is 11.8 Å². The number of aliphatic hydroxyl groups excluding tert-OH is 1. The molecular formula is C19H21N3O3. The Morgan fingerprint density at radius 1 is 1.20 bits per heavy atom. The Balaban J connectivity index is 1.48. The molecule has 1 aromatic heterocycles. The number of benzene rings is 1. The van der Waals surface area contributed by atoms with Gasteiger partial charge in [0.15, 0.2) is 0 Å². The van der Waals surface area contributed by atoms with Crippen LogP contribution in [0, 0.1) is 0 Å². The fourth-order valence-corrected chi connectivity index (χ4v) is 3.71. The minimum absolute atomic E-state index is 0.0669. The van der Waals surface area contributed by atoms with Gasteiger partial charge >= 0.3 is 0 Å². The van der Waals surface area contributed by atoms with Gasteiger partial charge in [0.2, 0.25) is 0 Å². The van der Waals surface area contributed by atoms with E-state index in [2.05, 4.69) is 10.3 Å². The molecule has 0 radical (unpaired) electrons. The summed E-state index contributed by atoms with van der Waals surface area (Å²) in [5, 5.41) is 13.1. The molecule has 0 bridgehead atoms. The summed E-state index contributed by atoms with van der Waals surface area (Å²) in [5.41, 5.74) is 2.84. The molecule has 4 rings (SSSR count). The number of hydrogen-bond donors (Lipinski definition) is 3. The summed E-state index contributed by atoms with van der Waals surface area (Å²) in [7, 11) is 0. The Morgan fingerprint density at radius 3 is 2.76 bits per heavy atom. The molecule has 6 nitrogen and oxygen atoms in total. The third-order valence-corrected chi connectivity index (χ3v) is 5.06. The number of aliphatic hydroxyl groups is 1. The first kappa shape index (κ1) is 15.9. The van der Waals surface area contributed by atoms with E-state index in [1.54, 1.807) is 17.2 Å². The maximum Gasteiger partial charge on any atom is 0.270 e. The Morgan fingerprint density at radius 2 is 1.96 bits per heavy atom. The Labute approximate surface area is 145 Å². The lowest BCUT2D eigenvalue weighted by atomic mass is 10.1. The van der Waals surface area contributed by atoms with Gasteiger partial charge < -0.3 is 20.3 Å². The molecule has 0 saturated carbocycles. The van der Waals surface area contributed by atoms with Crippen LogP contribution in [0.5, 0.6) is 0 Å². The van der Waals surface area contributed by atoms with Crippen LogP contribution in [0.1, 0.15) is 50.9 Å². The average molecular weight is 339 g/mol. The maximum absolute atomic E-state index is 12.5. The fraction of sp³-hybridized carbons (Fsp3) is 0.368. The number of hydrogen-bond acceptors (Lipinski definition) is 3. The van der Waals surface area contributed by atoms with Crippen LogP contribution >= 0.6 is 0 Å². The molecule has 2 atom stereocenters. The van der Waals surface area contributed by atoms with E-state index in [0.717, 1.165) is 37.1 Å².